The van der Waals surface area contributed by atoms with E-state index in [0.29, 0.717) is 6.54 Å². The standard InChI is InChI=1S/C12H17NO/c1-8-3-4-11-10(5-8)6-9(2)12(11,14)7-13/h3-5,9,14H,6-7,13H2,1-2H3. The molecule has 2 unspecified atom stereocenters. The minimum absolute atomic E-state index is 0.226. The molecule has 1 aliphatic carbocycles. The average molecular weight is 191 g/mol. The van der Waals surface area contributed by atoms with E-state index < -0.39 is 5.60 Å². The van der Waals surface area contributed by atoms with Gasteiger partial charge in [-0.1, -0.05) is 30.7 Å². The van der Waals surface area contributed by atoms with Crippen molar-refractivity contribution in [3.05, 3.63) is 34.9 Å². The topological polar surface area (TPSA) is 46.2 Å². The second kappa shape index (κ2) is 3.07. The smallest absolute Gasteiger partial charge is 0.105 e. The van der Waals surface area contributed by atoms with E-state index >= 15 is 0 Å². The molecule has 0 aliphatic heterocycles. The van der Waals surface area contributed by atoms with Crippen LogP contribution in [0.2, 0.25) is 0 Å². The summed E-state index contributed by atoms with van der Waals surface area (Å²) in [4.78, 5) is 0. The molecule has 1 aliphatic rings. The van der Waals surface area contributed by atoms with Gasteiger partial charge in [0.2, 0.25) is 0 Å². The summed E-state index contributed by atoms with van der Waals surface area (Å²) in [5.41, 5.74) is 8.39. The Kier molecular flexibility index (Phi) is 2.13. The molecule has 1 aromatic carbocycles. The average Bonchev–Trinajstić information content (AvgIpc) is 2.39. The van der Waals surface area contributed by atoms with Crippen molar-refractivity contribution in [2.75, 3.05) is 6.54 Å². The fraction of sp³-hybridized carbons (Fsp3) is 0.500. The minimum atomic E-state index is -0.803. The van der Waals surface area contributed by atoms with Gasteiger partial charge in [-0.25, -0.2) is 0 Å². The molecule has 3 N–H and O–H groups in total. The Morgan fingerprint density at radius 3 is 2.93 bits per heavy atom. The summed E-state index contributed by atoms with van der Waals surface area (Å²) >= 11 is 0. The van der Waals surface area contributed by atoms with Crippen LogP contribution in [0.1, 0.15) is 23.6 Å². The fourth-order valence-electron chi connectivity index (χ4n) is 2.39. The Morgan fingerprint density at radius 1 is 1.57 bits per heavy atom. The van der Waals surface area contributed by atoms with E-state index in [1.54, 1.807) is 0 Å². The van der Waals surface area contributed by atoms with Gasteiger partial charge in [0.15, 0.2) is 0 Å². The van der Waals surface area contributed by atoms with Crippen LogP contribution in [-0.4, -0.2) is 11.7 Å². The molecular weight excluding hydrogens is 174 g/mol. The van der Waals surface area contributed by atoms with Crippen molar-refractivity contribution in [3.8, 4) is 0 Å². The van der Waals surface area contributed by atoms with Gasteiger partial charge in [-0.15, -0.1) is 0 Å². The molecule has 2 heteroatoms. The molecule has 1 aromatic rings. The van der Waals surface area contributed by atoms with Crippen LogP contribution in [0.25, 0.3) is 0 Å². The molecule has 2 nitrogen and oxygen atoms in total. The molecular formula is C12H17NO. The Labute approximate surface area is 84.7 Å². The SMILES string of the molecule is Cc1ccc2c(c1)CC(C)C2(O)CN. The lowest BCUT2D eigenvalue weighted by Crippen LogP contribution is -2.38. The zero-order chi connectivity index (χ0) is 10.3. The van der Waals surface area contributed by atoms with E-state index in [2.05, 4.69) is 19.9 Å². The van der Waals surface area contributed by atoms with E-state index in [9.17, 15) is 5.11 Å². The van der Waals surface area contributed by atoms with Crippen LogP contribution >= 0.6 is 0 Å². The molecule has 0 bridgehead atoms. The number of fused-ring (bicyclic) bond motifs is 1. The molecule has 2 rings (SSSR count). The second-order valence-electron chi connectivity index (χ2n) is 4.39. The molecule has 2 atom stereocenters. The molecule has 14 heavy (non-hydrogen) atoms. The largest absolute Gasteiger partial charge is 0.384 e. The number of benzene rings is 1. The van der Waals surface area contributed by atoms with Gasteiger partial charge in [0, 0.05) is 6.54 Å². The third-order valence-corrected chi connectivity index (χ3v) is 3.38. The quantitative estimate of drug-likeness (QED) is 0.703. The highest BCUT2D eigenvalue weighted by atomic mass is 16.3. The van der Waals surface area contributed by atoms with E-state index in [-0.39, 0.29) is 5.92 Å². The molecule has 0 amide bonds. The monoisotopic (exact) mass is 191 g/mol. The second-order valence-corrected chi connectivity index (χ2v) is 4.39. The van der Waals surface area contributed by atoms with Gasteiger partial charge in [-0.05, 0) is 30.4 Å². The number of hydrogen-bond donors (Lipinski definition) is 2. The van der Waals surface area contributed by atoms with Crippen molar-refractivity contribution < 1.29 is 5.11 Å². The highest BCUT2D eigenvalue weighted by Gasteiger charge is 2.41. The zero-order valence-corrected chi connectivity index (χ0v) is 8.75. The first-order valence-electron chi connectivity index (χ1n) is 5.10. The van der Waals surface area contributed by atoms with E-state index in [0.717, 1.165) is 12.0 Å². The Bertz CT molecular complexity index is 361. The fourth-order valence-corrected chi connectivity index (χ4v) is 2.39. The third kappa shape index (κ3) is 1.18. The lowest BCUT2D eigenvalue weighted by molar-refractivity contribution is 0.00498. The number of nitrogens with two attached hydrogens (primary N) is 1. The summed E-state index contributed by atoms with van der Waals surface area (Å²) < 4.78 is 0. The van der Waals surface area contributed by atoms with Crippen molar-refractivity contribution in [1.82, 2.24) is 0 Å². The molecule has 76 valence electrons. The van der Waals surface area contributed by atoms with Crippen molar-refractivity contribution >= 4 is 0 Å². The first-order chi connectivity index (χ1) is 6.58. The van der Waals surface area contributed by atoms with Crippen LogP contribution < -0.4 is 5.73 Å². The number of rotatable bonds is 1. The highest BCUT2D eigenvalue weighted by Crippen LogP contribution is 2.40. The molecule has 0 spiro atoms. The summed E-state index contributed by atoms with van der Waals surface area (Å²) in [6, 6.07) is 6.21. The first kappa shape index (κ1) is 9.69. The van der Waals surface area contributed by atoms with E-state index in [1.807, 2.05) is 12.1 Å². The summed E-state index contributed by atoms with van der Waals surface area (Å²) in [6.07, 6.45) is 0.935. The van der Waals surface area contributed by atoms with Gasteiger partial charge in [0.05, 0.1) is 0 Å². The van der Waals surface area contributed by atoms with Crippen LogP contribution in [-0.2, 0) is 12.0 Å². The number of hydrogen-bond acceptors (Lipinski definition) is 2. The van der Waals surface area contributed by atoms with Gasteiger partial charge in [-0.3, -0.25) is 0 Å². The Balaban J connectivity index is 2.53. The summed E-state index contributed by atoms with van der Waals surface area (Å²) in [5, 5.41) is 10.4. The highest BCUT2D eigenvalue weighted by molar-refractivity contribution is 5.41. The van der Waals surface area contributed by atoms with Gasteiger partial charge < -0.3 is 10.8 Å². The van der Waals surface area contributed by atoms with Crippen LogP contribution in [0.3, 0.4) is 0 Å². The Hall–Kier alpha value is -0.860. The lowest BCUT2D eigenvalue weighted by Gasteiger charge is -2.27. The third-order valence-electron chi connectivity index (χ3n) is 3.38. The van der Waals surface area contributed by atoms with Crippen molar-refractivity contribution in [1.29, 1.82) is 0 Å². The minimum Gasteiger partial charge on any atom is -0.384 e. The summed E-state index contributed by atoms with van der Waals surface area (Å²) in [7, 11) is 0. The normalized spacial score (nSPS) is 30.4. The summed E-state index contributed by atoms with van der Waals surface area (Å²) in [6.45, 7) is 4.44. The molecule has 0 radical (unpaired) electrons. The molecule has 0 aromatic heterocycles. The van der Waals surface area contributed by atoms with Gasteiger partial charge >= 0.3 is 0 Å². The number of aryl methyl sites for hydroxylation is 1. The molecule has 0 fully saturated rings. The maximum Gasteiger partial charge on any atom is 0.105 e. The first-order valence-corrected chi connectivity index (χ1v) is 5.10. The van der Waals surface area contributed by atoms with Crippen molar-refractivity contribution in [2.24, 2.45) is 11.7 Å². The predicted octanol–water partition coefficient (Wildman–Crippen LogP) is 1.33. The van der Waals surface area contributed by atoms with E-state index in [4.69, 9.17) is 5.73 Å². The van der Waals surface area contributed by atoms with Gasteiger partial charge in [0.25, 0.3) is 0 Å². The predicted molar refractivity (Wildman–Crippen MR) is 57.0 cm³/mol. The van der Waals surface area contributed by atoms with Gasteiger partial charge in [-0.2, -0.15) is 0 Å². The van der Waals surface area contributed by atoms with Crippen LogP contribution in [0, 0.1) is 12.8 Å². The van der Waals surface area contributed by atoms with Crippen molar-refractivity contribution in [3.63, 3.8) is 0 Å². The Morgan fingerprint density at radius 2 is 2.29 bits per heavy atom. The maximum atomic E-state index is 10.4. The molecule has 0 heterocycles. The van der Waals surface area contributed by atoms with Crippen LogP contribution in [0.4, 0.5) is 0 Å². The molecule has 0 saturated carbocycles. The maximum absolute atomic E-state index is 10.4. The zero-order valence-electron chi connectivity index (χ0n) is 8.75. The lowest BCUT2D eigenvalue weighted by atomic mass is 9.89. The van der Waals surface area contributed by atoms with Crippen molar-refractivity contribution in [2.45, 2.75) is 25.9 Å². The molecule has 0 saturated heterocycles. The number of aliphatic hydroxyl groups is 1. The summed E-state index contributed by atoms with van der Waals surface area (Å²) in [5.74, 6) is 0.226. The van der Waals surface area contributed by atoms with Crippen LogP contribution in [0.15, 0.2) is 18.2 Å². The van der Waals surface area contributed by atoms with Gasteiger partial charge in [0.1, 0.15) is 5.60 Å². The van der Waals surface area contributed by atoms with Crippen LogP contribution in [0.5, 0.6) is 0 Å². The van der Waals surface area contributed by atoms with E-state index in [1.165, 1.54) is 11.1 Å².